The highest BCUT2D eigenvalue weighted by Gasteiger charge is 2.19. The van der Waals surface area contributed by atoms with Crippen molar-refractivity contribution < 1.29 is 25.9 Å². The highest BCUT2D eigenvalue weighted by atomic mass is 32.2. The Hall–Kier alpha value is -3.50. The van der Waals surface area contributed by atoms with Crippen LogP contribution < -0.4 is 10.6 Å². The number of pyridine rings is 1. The highest BCUT2D eigenvalue weighted by molar-refractivity contribution is 7.86. The Labute approximate surface area is 178 Å². The summed E-state index contributed by atoms with van der Waals surface area (Å²) in [5.41, 5.74) is 0.602. The van der Waals surface area contributed by atoms with Crippen molar-refractivity contribution in [3.63, 3.8) is 0 Å². The van der Waals surface area contributed by atoms with Gasteiger partial charge in [-0.15, -0.1) is 0 Å². The lowest BCUT2D eigenvalue weighted by molar-refractivity contribution is 0.481. The minimum atomic E-state index is -4.55. The van der Waals surface area contributed by atoms with Gasteiger partial charge in [0.2, 0.25) is 0 Å². The number of nitriles is 1. The average Bonchev–Trinajstić information content (AvgIpc) is 2.67. The van der Waals surface area contributed by atoms with Crippen LogP contribution in [0.2, 0.25) is 0 Å². The molecular formula is C19H16N4O6S2. The summed E-state index contributed by atoms with van der Waals surface area (Å²) in [6.45, 7) is 1.61. The maximum absolute atomic E-state index is 11.6. The van der Waals surface area contributed by atoms with Crippen LogP contribution >= 0.6 is 0 Å². The van der Waals surface area contributed by atoms with Crippen LogP contribution in [0.25, 0.3) is 0 Å². The predicted octanol–water partition coefficient (Wildman–Crippen LogP) is 3.24. The van der Waals surface area contributed by atoms with E-state index in [2.05, 4.69) is 15.6 Å². The minimum Gasteiger partial charge on any atom is -0.339 e. The topological polar surface area (TPSA) is 169 Å². The Morgan fingerprint density at radius 1 is 0.871 bits per heavy atom. The van der Waals surface area contributed by atoms with E-state index >= 15 is 0 Å². The number of rotatable bonds is 6. The summed E-state index contributed by atoms with van der Waals surface area (Å²) >= 11 is 0. The van der Waals surface area contributed by atoms with Gasteiger partial charge in [-0.2, -0.15) is 22.1 Å². The quantitative estimate of drug-likeness (QED) is 0.400. The van der Waals surface area contributed by atoms with Gasteiger partial charge in [0, 0.05) is 0 Å². The van der Waals surface area contributed by atoms with E-state index in [0.29, 0.717) is 5.56 Å². The van der Waals surface area contributed by atoms with Crippen molar-refractivity contribution in [2.45, 2.75) is 16.7 Å². The van der Waals surface area contributed by atoms with Gasteiger partial charge in [-0.25, -0.2) is 4.98 Å². The third-order valence-electron chi connectivity index (χ3n) is 4.17. The minimum absolute atomic E-state index is 0.0103. The monoisotopic (exact) mass is 460 g/mol. The average molecular weight is 460 g/mol. The third-order valence-corrected chi connectivity index (χ3v) is 6.00. The van der Waals surface area contributed by atoms with E-state index < -0.39 is 25.1 Å². The second-order valence-electron chi connectivity index (χ2n) is 6.35. The molecule has 0 bridgehead atoms. The van der Waals surface area contributed by atoms with Gasteiger partial charge >= 0.3 is 0 Å². The summed E-state index contributed by atoms with van der Waals surface area (Å²) in [4.78, 5) is 3.46. The number of benzene rings is 2. The van der Waals surface area contributed by atoms with Crippen LogP contribution in [-0.4, -0.2) is 30.9 Å². The zero-order valence-electron chi connectivity index (χ0n) is 15.9. The molecule has 0 amide bonds. The lowest BCUT2D eigenvalue weighted by Gasteiger charge is -2.15. The van der Waals surface area contributed by atoms with Crippen molar-refractivity contribution in [1.82, 2.24) is 4.98 Å². The van der Waals surface area contributed by atoms with Gasteiger partial charge in [0.15, 0.2) is 5.82 Å². The van der Waals surface area contributed by atoms with Crippen molar-refractivity contribution in [2.75, 3.05) is 10.6 Å². The molecule has 0 aliphatic carbocycles. The highest BCUT2D eigenvalue weighted by Crippen LogP contribution is 2.30. The number of hydrogen-bond donors (Lipinski definition) is 4. The molecule has 0 atom stereocenters. The summed E-state index contributed by atoms with van der Waals surface area (Å²) in [6.07, 6.45) is 0. The lowest BCUT2D eigenvalue weighted by Crippen LogP contribution is -2.08. The van der Waals surface area contributed by atoms with E-state index in [-0.39, 0.29) is 33.5 Å². The second kappa shape index (κ2) is 8.32. The molecule has 160 valence electrons. The molecule has 10 nitrogen and oxygen atoms in total. The number of anilines is 4. The van der Waals surface area contributed by atoms with Crippen molar-refractivity contribution in [2.24, 2.45) is 0 Å². The molecule has 0 aliphatic rings. The molecule has 3 aromatic rings. The first-order chi connectivity index (χ1) is 14.5. The van der Waals surface area contributed by atoms with E-state index in [1.54, 1.807) is 13.0 Å². The molecule has 0 saturated heterocycles. The molecule has 31 heavy (non-hydrogen) atoms. The summed E-state index contributed by atoms with van der Waals surface area (Å²) < 4.78 is 65.4. The van der Waals surface area contributed by atoms with Crippen LogP contribution in [0.3, 0.4) is 0 Å². The summed E-state index contributed by atoms with van der Waals surface area (Å²) in [5, 5.41) is 15.0. The van der Waals surface area contributed by atoms with E-state index in [4.69, 9.17) is 0 Å². The second-order valence-corrected chi connectivity index (χ2v) is 9.13. The molecule has 2 aromatic carbocycles. The van der Waals surface area contributed by atoms with Crippen molar-refractivity contribution in [3.05, 3.63) is 65.7 Å². The molecule has 0 unspecified atom stereocenters. The summed E-state index contributed by atoms with van der Waals surface area (Å²) in [5.74, 6) is 0.102. The number of hydrogen-bond acceptors (Lipinski definition) is 8. The van der Waals surface area contributed by atoms with Gasteiger partial charge in [-0.05, 0) is 42.8 Å². The molecule has 0 fully saturated rings. The third kappa shape index (κ3) is 4.98. The molecule has 0 saturated carbocycles. The fourth-order valence-corrected chi connectivity index (χ4v) is 4.12. The van der Waals surface area contributed by atoms with E-state index in [1.165, 1.54) is 48.5 Å². The van der Waals surface area contributed by atoms with Crippen LogP contribution in [0.5, 0.6) is 0 Å². The lowest BCUT2D eigenvalue weighted by atomic mass is 10.1. The van der Waals surface area contributed by atoms with Gasteiger partial charge in [-0.3, -0.25) is 9.11 Å². The molecule has 1 heterocycles. The molecule has 3 rings (SSSR count). The Morgan fingerprint density at radius 2 is 1.35 bits per heavy atom. The van der Waals surface area contributed by atoms with Crippen LogP contribution in [0, 0.1) is 18.3 Å². The Morgan fingerprint density at radius 3 is 1.84 bits per heavy atom. The van der Waals surface area contributed by atoms with Crippen LogP contribution in [0.1, 0.15) is 11.1 Å². The fraction of sp³-hybridized carbons (Fsp3) is 0.0526. The van der Waals surface area contributed by atoms with E-state index in [9.17, 15) is 31.2 Å². The largest absolute Gasteiger partial charge is 0.339 e. The van der Waals surface area contributed by atoms with Crippen LogP contribution in [-0.2, 0) is 20.2 Å². The molecule has 0 aliphatic heterocycles. The zero-order valence-corrected chi connectivity index (χ0v) is 17.6. The number of nitrogens with one attached hydrogen (secondary N) is 2. The van der Waals surface area contributed by atoms with Crippen molar-refractivity contribution in [1.29, 1.82) is 5.26 Å². The zero-order chi connectivity index (χ0) is 22.8. The van der Waals surface area contributed by atoms with Crippen molar-refractivity contribution >= 4 is 43.2 Å². The Balaban J connectivity index is 2.09. The van der Waals surface area contributed by atoms with E-state index in [0.717, 1.165) is 0 Å². The standard InChI is InChI=1S/C19H16N4O6S2/c1-12-10-18(21-14-6-2-4-8-16(14)30(24,25)26)23-19(13(12)11-20)22-15-7-3-5-9-17(15)31(27,28)29/h2-10H,1H3,(H2,21,22,23)(H,24,25,26)(H,27,28,29). The van der Waals surface area contributed by atoms with Crippen molar-refractivity contribution in [3.8, 4) is 6.07 Å². The molecule has 0 radical (unpaired) electrons. The normalized spacial score (nSPS) is 11.5. The van der Waals surface area contributed by atoms with E-state index in [1.807, 2.05) is 6.07 Å². The molecule has 0 spiro atoms. The van der Waals surface area contributed by atoms with Gasteiger partial charge in [0.25, 0.3) is 20.2 Å². The molecule has 4 N–H and O–H groups in total. The molecule has 1 aromatic heterocycles. The number of para-hydroxylation sites is 2. The molecular weight excluding hydrogens is 444 g/mol. The van der Waals surface area contributed by atoms with Gasteiger partial charge in [0.05, 0.1) is 16.9 Å². The van der Waals surface area contributed by atoms with Crippen LogP contribution in [0.4, 0.5) is 23.0 Å². The first kappa shape index (κ1) is 22.2. The SMILES string of the molecule is Cc1cc(Nc2ccccc2S(=O)(=O)O)nc(Nc2ccccc2S(=O)(=O)O)c1C#N. The first-order valence-corrected chi connectivity index (χ1v) is 11.5. The predicted molar refractivity (Wildman–Crippen MR) is 113 cm³/mol. The van der Waals surface area contributed by atoms with Gasteiger partial charge in [0.1, 0.15) is 21.7 Å². The van der Waals surface area contributed by atoms with Gasteiger partial charge in [-0.1, -0.05) is 24.3 Å². The molecule has 12 heteroatoms. The smallest absolute Gasteiger partial charge is 0.296 e. The maximum Gasteiger partial charge on any atom is 0.296 e. The maximum atomic E-state index is 11.6. The summed E-state index contributed by atoms with van der Waals surface area (Å²) in [7, 11) is -9.06. The first-order valence-electron chi connectivity index (χ1n) is 8.59. The van der Waals surface area contributed by atoms with Crippen LogP contribution in [0.15, 0.2) is 64.4 Å². The fourth-order valence-electron chi connectivity index (χ4n) is 2.82. The number of aromatic nitrogens is 1. The Bertz CT molecular complexity index is 1410. The summed E-state index contributed by atoms with van der Waals surface area (Å²) in [6, 6.07) is 14.6. The Kier molecular flexibility index (Phi) is 5.96. The number of nitrogens with zero attached hydrogens (tertiary/aromatic N) is 2. The van der Waals surface area contributed by atoms with Gasteiger partial charge < -0.3 is 10.6 Å². The number of aryl methyl sites for hydroxylation is 1.